The predicted molar refractivity (Wildman–Crippen MR) is 131 cm³/mol. The van der Waals surface area contributed by atoms with Crippen molar-refractivity contribution < 1.29 is 14.6 Å². The first kappa shape index (κ1) is 24.4. The number of carbonyl (C=O) groups is 1. The molecular weight excluding hydrogens is 434 g/mol. The largest absolute Gasteiger partial charge is 0.496 e. The Morgan fingerprint density at radius 2 is 2.24 bits per heavy atom. The summed E-state index contributed by atoms with van der Waals surface area (Å²) in [5.74, 6) is 0.657. The fourth-order valence-corrected chi connectivity index (χ4v) is 4.85. The standard InChI is InChI=1S/C26H29N3O3S/c1-17(2)32-18(3)9-10-19(6-5-14-27)26-28-16-24(33-26)22-8-4-7-21-20(22)11-12-23(21)29-25(31)13-15-30/h4-10,16-17,23,30H,11-13,15H2,1-3H3,(H,29,31)/b6-5+,18-9+,19-10+/t23-/m1/s1. The SMILES string of the molecule is C\C(=C/C=C(\C=C\C#N)c1ncc(-c2cccc3c2CC[C@H]3NC(=O)CCO)s1)OC(C)C. The number of aliphatic hydroxyl groups excluding tert-OH is 1. The van der Waals surface area contributed by atoms with Gasteiger partial charge in [-0.25, -0.2) is 4.98 Å². The van der Waals surface area contributed by atoms with Crippen LogP contribution < -0.4 is 5.32 Å². The van der Waals surface area contributed by atoms with Gasteiger partial charge in [0.1, 0.15) is 5.01 Å². The van der Waals surface area contributed by atoms with Crippen LogP contribution in [0.15, 0.2) is 54.5 Å². The molecule has 1 aliphatic carbocycles. The second-order valence-electron chi connectivity index (χ2n) is 8.06. The van der Waals surface area contributed by atoms with E-state index in [1.165, 1.54) is 11.6 Å². The minimum atomic E-state index is -0.149. The molecule has 172 valence electrons. The van der Waals surface area contributed by atoms with Crippen LogP contribution in [0.3, 0.4) is 0 Å². The van der Waals surface area contributed by atoms with Crippen molar-refractivity contribution in [2.45, 2.75) is 52.2 Å². The number of hydrogen-bond acceptors (Lipinski definition) is 6. The number of thiazole rings is 1. The number of rotatable bonds is 9. The highest BCUT2D eigenvalue weighted by molar-refractivity contribution is 7.16. The van der Waals surface area contributed by atoms with Crippen molar-refractivity contribution >= 4 is 22.8 Å². The summed E-state index contributed by atoms with van der Waals surface area (Å²) in [6.07, 6.45) is 10.8. The van der Waals surface area contributed by atoms with E-state index >= 15 is 0 Å². The van der Waals surface area contributed by atoms with Crippen LogP contribution in [0.2, 0.25) is 0 Å². The summed E-state index contributed by atoms with van der Waals surface area (Å²) in [6.45, 7) is 5.71. The summed E-state index contributed by atoms with van der Waals surface area (Å²) in [7, 11) is 0. The average molecular weight is 464 g/mol. The lowest BCUT2D eigenvalue weighted by Gasteiger charge is -2.14. The number of carbonyl (C=O) groups excluding carboxylic acids is 1. The Labute approximate surface area is 198 Å². The summed E-state index contributed by atoms with van der Waals surface area (Å²) < 4.78 is 5.69. The van der Waals surface area contributed by atoms with Crippen LogP contribution in [0.25, 0.3) is 16.0 Å². The zero-order valence-electron chi connectivity index (χ0n) is 19.2. The van der Waals surface area contributed by atoms with Gasteiger partial charge in [0, 0.05) is 24.3 Å². The van der Waals surface area contributed by atoms with Gasteiger partial charge in [-0.3, -0.25) is 4.79 Å². The van der Waals surface area contributed by atoms with Gasteiger partial charge < -0.3 is 15.2 Å². The molecule has 7 heteroatoms. The fraction of sp³-hybridized carbons (Fsp3) is 0.346. The Bertz CT molecular complexity index is 1120. The van der Waals surface area contributed by atoms with Gasteiger partial charge in [0.2, 0.25) is 5.91 Å². The van der Waals surface area contributed by atoms with Crippen molar-refractivity contribution in [3.05, 3.63) is 70.6 Å². The van der Waals surface area contributed by atoms with E-state index in [4.69, 9.17) is 15.1 Å². The number of nitrogens with zero attached hydrogens (tertiary/aromatic N) is 2. The van der Waals surface area contributed by atoms with Gasteiger partial charge >= 0.3 is 0 Å². The zero-order chi connectivity index (χ0) is 23.8. The van der Waals surface area contributed by atoms with Crippen LogP contribution in [-0.2, 0) is 16.0 Å². The van der Waals surface area contributed by atoms with Crippen molar-refractivity contribution in [2.75, 3.05) is 6.61 Å². The number of nitrogens with one attached hydrogen (secondary N) is 1. The predicted octanol–water partition coefficient (Wildman–Crippen LogP) is 5.09. The molecule has 0 bridgehead atoms. The van der Waals surface area contributed by atoms with Crippen LogP contribution in [0.1, 0.15) is 55.8 Å². The summed E-state index contributed by atoms with van der Waals surface area (Å²) in [5.41, 5.74) is 4.30. The lowest BCUT2D eigenvalue weighted by Crippen LogP contribution is -2.27. The number of ether oxygens (including phenoxy) is 1. The Morgan fingerprint density at radius 1 is 1.42 bits per heavy atom. The number of hydrogen-bond donors (Lipinski definition) is 2. The minimum Gasteiger partial charge on any atom is -0.496 e. The monoisotopic (exact) mass is 463 g/mol. The molecule has 0 radical (unpaired) electrons. The van der Waals surface area contributed by atoms with Crippen molar-refractivity contribution in [1.82, 2.24) is 10.3 Å². The van der Waals surface area contributed by atoms with Gasteiger partial charge in [-0.05, 0) is 68.5 Å². The molecule has 0 spiro atoms. The first-order valence-electron chi connectivity index (χ1n) is 11.0. The van der Waals surface area contributed by atoms with Crippen molar-refractivity contribution in [3.8, 4) is 16.5 Å². The number of allylic oxidation sites excluding steroid dienone is 6. The Morgan fingerprint density at radius 3 is 2.97 bits per heavy atom. The van der Waals surface area contributed by atoms with E-state index in [0.717, 1.165) is 45.2 Å². The maximum Gasteiger partial charge on any atom is 0.222 e. The lowest BCUT2D eigenvalue weighted by atomic mass is 10.0. The van der Waals surface area contributed by atoms with Gasteiger partial charge in [-0.15, -0.1) is 11.3 Å². The van der Waals surface area contributed by atoms with E-state index in [1.54, 1.807) is 17.4 Å². The third-order valence-corrected chi connectivity index (χ3v) is 6.30. The van der Waals surface area contributed by atoms with E-state index in [-0.39, 0.29) is 31.1 Å². The topological polar surface area (TPSA) is 95.2 Å². The van der Waals surface area contributed by atoms with Crippen molar-refractivity contribution in [1.29, 1.82) is 5.26 Å². The molecule has 6 nitrogen and oxygen atoms in total. The molecule has 1 amide bonds. The molecule has 0 saturated heterocycles. The summed E-state index contributed by atoms with van der Waals surface area (Å²) in [4.78, 5) is 17.6. The molecular formula is C26H29N3O3S. The molecule has 0 unspecified atom stereocenters. The highest BCUT2D eigenvalue weighted by Crippen LogP contribution is 2.40. The highest BCUT2D eigenvalue weighted by atomic mass is 32.1. The molecule has 1 aromatic heterocycles. The fourth-order valence-electron chi connectivity index (χ4n) is 3.88. The quantitative estimate of drug-likeness (QED) is 0.307. The molecule has 0 fully saturated rings. The number of nitriles is 1. The van der Waals surface area contributed by atoms with Crippen LogP contribution in [0.5, 0.6) is 0 Å². The van der Waals surface area contributed by atoms with Gasteiger partial charge in [0.15, 0.2) is 0 Å². The number of amides is 1. The average Bonchev–Trinajstić information content (AvgIpc) is 3.41. The van der Waals surface area contributed by atoms with Gasteiger partial charge in [-0.1, -0.05) is 18.2 Å². The van der Waals surface area contributed by atoms with Gasteiger partial charge in [0.25, 0.3) is 0 Å². The molecule has 0 aliphatic heterocycles. The zero-order valence-corrected chi connectivity index (χ0v) is 20.0. The molecule has 33 heavy (non-hydrogen) atoms. The molecule has 1 atom stereocenters. The van der Waals surface area contributed by atoms with Crippen LogP contribution in [-0.4, -0.2) is 28.7 Å². The Hall–Kier alpha value is -3.21. The van der Waals surface area contributed by atoms with E-state index in [9.17, 15) is 4.79 Å². The molecule has 0 saturated carbocycles. The number of benzene rings is 1. The smallest absolute Gasteiger partial charge is 0.222 e. The van der Waals surface area contributed by atoms with Gasteiger partial charge in [-0.2, -0.15) is 5.26 Å². The lowest BCUT2D eigenvalue weighted by molar-refractivity contribution is -0.122. The summed E-state index contributed by atoms with van der Waals surface area (Å²) in [5, 5.41) is 21.8. The summed E-state index contributed by atoms with van der Waals surface area (Å²) in [6, 6.07) is 8.16. The number of fused-ring (bicyclic) bond motifs is 1. The van der Waals surface area contributed by atoms with Crippen molar-refractivity contribution in [3.63, 3.8) is 0 Å². The second-order valence-corrected chi connectivity index (χ2v) is 9.09. The number of aromatic nitrogens is 1. The maximum absolute atomic E-state index is 12.0. The highest BCUT2D eigenvalue weighted by Gasteiger charge is 2.26. The molecule has 2 N–H and O–H groups in total. The second kappa shape index (κ2) is 11.6. The van der Waals surface area contributed by atoms with Crippen molar-refractivity contribution in [2.24, 2.45) is 0 Å². The third-order valence-electron chi connectivity index (χ3n) is 5.22. The molecule has 1 aliphatic rings. The first-order chi connectivity index (χ1) is 15.9. The normalized spacial score (nSPS) is 16.2. The van der Waals surface area contributed by atoms with Crippen LogP contribution in [0, 0.1) is 11.3 Å². The first-order valence-corrected chi connectivity index (χ1v) is 11.8. The Kier molecular flexibility index (Phi) is 8.58. The van der Waals surface area contributed by atoms with Gasteiger partial charge in [0.05, 0.1) is 35.5 Å². The summed E-state index contributed by atoms with van der Waals surface area (Å²) >= 11 is 1.57. The van der Waals surface area contributed by atoms with Crippen LogP contribution >= 0.6 is 11.3 Å². The van der Waals surface area contributed by atoms with E-state index in [2.05, 4.69) is 22.4 Å². The molecule has 3 rings (SSSR count). The molecule has 2 aromatic rings. The third kappa shape index (κ3) is 6.41. The van der Waals surface area contributed by atoms with E-state index in [0.29, 0.717) is 0 Å². The van der Waals surface area contributed by atoms with Crippen LogP contribution in [0.4, 0.5) is 0 Å². The maximum atomic E-state index is 12.0. The number of aliphatic hydroxyl groups is 1. The van der Waals surface area contributed by atoms with E-state index < -0.39 is 0 Å². The minimum absolute atomic E-state index is 0.0329. The molecule has 1 aromatic carbocycles. The van der Waals surface area contributed by atoms with E-state index in [1.807, 2.05) is 51.3 Å². The Balaban J connectivity index is 1.89. The molecule has 1 heterocycles.